The van der Waals surface area contributed by atoms with Crippen LogP contribution in [-0.2, 0) is 10.2 Å². The lowest BCUT2D eigenvalue weighted by atomic mass is 9.89. The summed E-state index contributed by atoms with van der Waals surface area (Å²) >= 11 is 6.07. The summed E-state index contributed by atoms with van der Waals surface area (Å²) in [5.74, 6) is 0.573. The molecule has 1 atom stereocenters. The molecule has 3 nitrogen and oxygen atoms in total. The molecule has 1 aromatic carbocycles. The van der Waals surface area contributed by atoms with Crippen LogP contribution in [0.4, 0.5) is 0 Å². The second-order valence-electron chi connectivity index (χ2n) is 6.46. The minimum Gasteiger partial charge on any atom is -0.393 e. The van der Waals surface area contributed by atoms with Crippen molar-refractivity contribution in [1.29, 1.82) is 0 Å². The average molecular weight is 308 g/mol. The topological polar surface area (TPSA) is 40.5 Å². The number of nitrogens with zero attached hydrogens (tertiary/aromatic N) is 1. The van der Waals surface area contributed by atoms with E-state index in [0.717, 1.165) is 44.3 Å². The van der Waals surface area contributed by atoms with Crippen LogP contribution in [0.2, 0.25) is 5.02 Å². The normalized spacial score (nSPS) is 22.9. The molecular formula is C17H22ClNO2. The van der Waals surface area contributed by atoms with Gasteiger partial charge in [-0.3, -0.25) is 4.79 Å². The van der Waals surface area contributed by atoms with Crippen molar-refractivity contribution in [2.45, 2.75) is 44.1 Å². The number of piperidine rings is 1. The largest absolute Gasteiger partial charge is 0.393 e. The van der Waals surface area contributed by atoms with Crippen LogP contribution in [-0.4, -0.2) is 35.1 Å². The minimum atomic E-state index is -0.331. The second-order valence-corrected chi connectivity index (χ2v) is 6.90. The maximum Gasteiger partial charge on any atom is 0.233 e. The Kier molecular flexibility index (Phi) is 3.98. The molecule has 1 heterocycles. The Morgan fingerprint density at radius 1 is 1.38 bits per heavy atom. The summed E-state index contributed by atoms with van der Waals surface area (Å²) in [5, 5.41) is 10.4. The van der Waals surface area contributed by atoms with Crippen LogP contribution in [0.1, 0.15) is 38.2 Å². The summed E-state index contributed by atoms with van der Waals surface area (Å²) < 4.78 is 0. The number of hydrogen-bond acceptors (Lipinski definition) is 2. The Balaban J connectivity index is 1.71. The molecule has 1 amide bonds. The highest BCUT2D eigenvalue weighted by Crippen LogP contribution is 2.50. The van der Waals surface area contributed by atoms with E-state index >= 15 is 0 Å². The lowest BCUT2D eigenvalue weighted by molar-refractivity contribution is -0.135. The second kappa shape index (κ2) is 5.62. The van der Waals surface area contributed by atoms with Gasteiger partial charge in [-0.2, -0.15) is 0 Å². The third-order valence-electron chi connectivity index (χ3n) is 5.05. The molecule has 0 spiro atoms. The third-order valence-corrected chi connectivity index (χ3v) is 5.28. The molecule has 1 N–H and O–H groups in total. The first-order valence-electron chi connectivity index (χ1n) is 7.76. The van der Waals surface area contributed by atoms with E-state index in [4.69, 9.17) is 11.6 Å². The first-order valence-corrected chi connectivity index (χ1v) is 8.14. The fourth-order valence-electron chi connectivity index (χ4n) is 3.42. The molecule has 1 aliphatic heterocycles. The number of likely N-dealkylation sites (tertiary alicyclic amines) is 1. The molecular weight excluding hydrogens is 286 g/mol. The van der Waals surface area contributed by atoms with Gasteiger partial charge in [0.05, 0.1) is 11.5 Å². The number of hydrogen-bond donors (Lipinski definition) is 1. The molecule has 4 heteroatoms. The number of halogens is 1. The molecule has 0 aromatic heterocycles. The maximum atomic E-state index is 12.9. The van der Waals surface area contributed by atoms with Crippen LogP contribution in [0.15, 0.2) is 24.3 Å². The number of aliphatic hydroxyl groups is 1. The number of carbonyl (C=O) groups is 1. The van der Waals surface area contributed by atoms with Crippen LogP contribution in [0.25, 0.3) is 0 Å². The summed E-state index contributed by atoms with van der Waals surface area (Å²) in [5.41, 5.74) is 0.723. The Bertz CT molecular complexity index is 531. The molecule has 1 unspecified atom stereocenters. The van der Waals surface area contributed by atoms with Crippen LogP contribution in [0, 0.1) is 5.92 Å². The Hall–Kier alpha value is -1.06. The van der Waals surface area contributed by atoms with Gasteiger partial charge in [0.25, 0.3) is 0 Å². The summed E-state index contributed by atoms with van der Waals surface area (Å²) in [6.45, 7) is 3.37. The molecule has 1 saturated carbocycles. The molecule has 0 radical (unpaired) electrons. The van der Waals surface area contributed by atoms with E-state index in [9.17, 15) is 9.90 Å². The average Bonchev–Trinajstić information content (AvgIpc) is 3.28. The highest BCUT2D eigenvalue weighted by atomic mass is 35.5. The number of amides is 1. The Labute approximate surface area is 130 Å². The van der Waals surface area contributed by atoms with Crippen molar-refractivity contribution in [1.82, 2.24) is 4.90 Å². The lowest BCUT2D eigenvalue weighted by Crippen LogP contribution is -2.45. The summed E-state index contributed by atoms with van der Waals surface area (Å²) in [6.07, 6.45) is 3.36. The molecule has 1 aliphatic carbocycles. The van der Waals surface area contributed by atoms with Gasteiger partial charge in [-0.1, -0.05) is 23.7 Å². The fourth-order valence-corrected chi connectivity index (χ4v) is 3.62. The fraction of sp³-hybridized carbons (Fsp3) is 0.588. The van der Waals surface area contributed by atoms with Gasteiger partial charge in [0.2, 0.25) is 5.91 Å². The van der Waals surface area contributed by atoms with Gasteiger partial charge in [-0.15, -0.1) is 0 Å². The highest BCUT2D eigenvalue weighted by molar-refractivity contribution is 6.30. The van der Waals surface area contributed by atoms with E-state index in [2.05, 4.69) is 0 Å². The van der Waals surface area contributed by atoms with E-state index in [1.807, 2.05) is 36.1 Å². The lowest BCUT2D eigenvalue weighted by Gasteiger charge is -2.35. The molecule has 0 bridgehead atoms. The van der Waals surface area contributed by atoms with Crippen molar-refractivity contribution in [3.05, 3.63) is 34.9 Å². The smallest absolute Gasteiger partial charge is 0.233 e. The first kappa shape index (κ1) is 14.9. The van der Waals surface area contributed by atoms with Gasteiger partial charge in [0, 0.05) is 18.1 Å². The SMILES string of the molecule is CC(O)C1CCN(C(=O)C2(c3cccc(Cl)c3)CC2)CC1. The molecule has 114 valence electrons. The van der Waals surface area contributed by atoms with Crippen LogP contribution >= 0.6 is 11.6 Å². The number of benzene rings is 1. The van der Waals surface area contributed by atoms with E-state index < -0.39 is 0 Å². The van der Waals surface area contributed by atoms with Crippen molar-refractivity contribution in [2.24, 2.45) is 5.92 Å². The standard InChI is InChI=1S/C17H22ClNO2/c1-12(20)13-5-9-19(10-6-13)16(21)17(7-8-17)14-3-2-4-15(18)11-14/h2-4,11-13,20H,5-10H2,1H3. The van der Waals surface area contributed by atoms with Crippen molar-refractivity contribution < 1.29 is 9.90 Å². The first-order chi connectivity index (χ1) is 10.0. The zero-order chi connectivity index (χ0) is 15.0. The van der Waals surface area contributed by atoms with Crippen molar-refractivity contribution >= 4 is 17.5 Å². The summed E-state index contributed by atoms with van der Waals surface area (Å²) in [7, 11) is 0. The Morgan fingerprint density at radius 2 is 2.05 bits per heavy atom. The van der Waals surface area contributed by atoms with Gasteiger partial charge in [-0.05, 0) is 56.2 Å². The summed E-state index contributed by atoms with van der Waals surface area (Å²) in [4.78, 5) is 14.9. The molecule has 2 aliphatic rings. The van der Waals surface area contributed by atoms with E-state index in [1.165, 1.54) is 0 Å². The number of carbonyl (C=O) groups excluding carboxylic acids is 1. The van der Waals surface area contributed by atoms with Gasteiger partial charge in [-0.25, -0.2) is 0 Å². The highest BCUT2D eigenvalue weighted by Gasteiger charge is 2.53. The zero-order valence-electron chi connectivity index (χ0n) is 12.4. The Morgan fingerprint density at radius 3 is 2.57 bits per heavy atom. The van der Waals surface area contributed by atoms with Crippen LogP contribution in [0.3, 0.4) is 0 Å². The van der Waals surface area contributed by atoms with E-state index in [0.29, 0.717) is 10.9 Å². The number of rotatable bonds is 3. The van der Waals surface area contributed by atoms with Crippen LogP contribution in [0.5, 0.6) is 0 Å². The molecule has 21 heavy (non-hydrogen) atoms. The third kappa shape index (κ3) is 2.82. The van der Waals surface area contributed by atoms with E-state index in [-0.39, 0.29) is 17.4 Å². The van der Waals surface area contributed by atoms with Gasteiger partial charge in [0.15, 0.2) is 0 Å². The molecule has 3 rings (SSSR count). The zero-order valence-corrected chi connectivity index (χ0v) is 13.1. The van der Waals surface area contributed by atoms with Crippen molar-refractivity contribution in [2.75, 3.05) is 13.1 Å². The van der Waals surface area contributed by atoms with Crippen molar-refractivity contribution in [3.8, 4) is 0 Å². The van der Waals surface area contributed by atoms with Gasteiger partial charge >= 0.3 is 0 Å². The van der Waals surface area contributed by atoms with Gasteiger partial charge in [0.1, 0.15) is 0 Å². The predicted molar refractivity (Wildman–Crippen MR) is 83.3 cm³/mol. The van der Waals surface area contributed by atoms with Crippen molar-refractivity contribution in [3.63, 3.8) is 0 Å². The molecule has 2 fully saturated rings. The minimum absolute atomic E-state index is 0.244. The van der Waals surface area contributed by atoms with E-state index in [1.54, 1.807) is 0 Å². The number of aliphatic hydroxyl groups excluding tert-OH is 1. The van der Waals surface area contributed by atoms with Gasteiger partial charge < -0.3 is 10.0 Å². The maximum absolute atomic E-state index is 12.9. The van der Waals surface area contributed by atoms with Crippen LogP contribution < -0.4 is 0 Å². The molecule has 1 aromatic rings. The monoisotopic (exact) mass is 307 g/mol. The predicted octanol–water partition coefficient (Wildman–Crippen LogP) is 2.99. The quantitative estimate of drug-likeness (QED) is 0.932. The summed E-state index contributed by atoms with van der Waals surface area (Å²) in [6, 6.07) is 7.71. The molecule has 1 saturated heterocycles.